The van der Waals surface area contributed by atoms with E-state index in [0.29, 0.717) is 0 Å². The number of ether oxygens (including phenoxy) is 2. The maximum absolute atomic E-state index is 11.8. The van der Waals surface area contributed by atoms with Crippen LogP contribution in [0.1, 0.15) is 34.1 Å². The van der Waals surface area contributed by atoms with E-state index in [1.807, 2.05) is 13.8 Å². The lowest BCUT2D eigenvalue weighted by molar-refractivity contribution is -0.143. The molecule has 19 heavy (non-hydrogen) atoms. The number of methoxy groups -OCH3 is 1. The SMILES string of the molecule is COC(=O)C(CCN1CCOCC1(C)C)NC(C)C. The molecule has 1 rings (SSSR count). The first-order chi connectivity index (χ1) is 8.86. The van der Waals surface area contributed by atoms with Crippen LogP contribution in [0.25, 0.3) is 0 Å². The van der Waals surface area contributed by atoms with Gasteiger partial charge >= 0.3 is 5.97 Å². The van der Waals surface area contributed by atoms with E-state index >= 15 is 0 Å². The molecule has 1 aliphatic heterocycles. The Hall–Kier alpha value is -0.650. The Bertz CT molecular complexity index is 292. The molecule has 0 bridgehead atoms. The zero-order valence-corrected chi connectivity index (χ0v) is 12.9. The Morgan fingerprint density at radius 1 is 1.47 bits per heavy atom. The molecule has 0 aromatic carbocycles. The first-order valence-corrected chi connectivity index (χ1v) is 7.03. The average molecular weight is 272 g/mol. The molecule has 0 spiro atoms. The molecule has 0 amide bonds. The Morgan fingerprint density at radius 2 is 2.16 bits per heavy atom. The summed E-state index contributed by atoms with van der Waals surface area (Å²) in [7, 11) is 1.44. The summed E-state index contributed by atoms with van der Waals surface area (Å²) in [5.41, 5.74) is 0.0384. The molecule has 5 heteroatoms. The normalized spacial score (nSPS) is 21.4. The summed E-state index contributed by atoms with van der Waals surface area (Å²) >= 11 is 0. The summed E-state index contributed by atoms with van der Waals surface area (Å²) in [6, 6.07) is 0.0328. The number of esters is 1. The minimum Gasteiger partial charge on any atom is -0.468 e. The third-order valence-corrected chi connectivity index (χ3v) is 3.52. The summed E-state index contributed by atoms with van der Waals surface area (Å²) in [5, 5.41) is 3.26. The molecular weight excluding hydrogens is 244 g/mol. The van der Waals surface area contributed by atoms with Gasteiger partial charge in [0.1, 0.15) is 6.04 Å². The second-order valence-corrected chi connectivity index (χ2v) is 6.04. The fraction of sp³-hybridized carbons (Fsp3) is 0.929. The maximum Gasteiger partial charge on any atom is 0.322 e. The monoisotopic (exact) mass is 272 g/mol. The number of carbonyl (C=O) groups is 1. The third-order valence-electron chi connectivity index (χ3n) is 3.52. The van der Waals surface area contributed by atoms with Gasteiger partial charge in [-0.3, -0.25) is 9.69 Å². The number of nitrogens with one attached hydrogen (secondary N) is 1. The van der Waals surface area contributed by atoms with Crippen molar-refractivity contribution in [1.29, 1.82) is 0 Å². The van der Waals surface area contributed by atoms with Crippen molar-refractivity contribution < 1.29 is 14.3 Å². The van der Waals surface area contributed by atoms with Crippen molar-refractivity contribution in [2.75, 3.05) is 33.4 Å². The number of hydrogen-bond donors (Lipinski definition) is 1. The van der Waals surface area contributed by atoms with Crippen molar-refractivity contribution in [2.24, 2.45) is 0 Å². The number of morpholine rings is 1. The molecule has 1 aliphatic rings. The van der Waals surface area contributed by atoms with Crippen LogP contribution >= 0.6 is 0 Å². The van der Waals surface area contributed by atoms with Crippen LogP contribution in [0.5, 0.6) is 0 Å². The van der Waals surface area contributed by atoms with E-state index in [-0.39, 0.29) is 23.6 Å². The Balaban J connectivity index is 2.52. The van der Waals surface area contributed by atoms with Gasteiger partial charge in [-0.25, -0.2) is 0 Å². The Kier molecular flexibility index (Phi) is 6.23. The number of hydrogen-bond acceptors (Lipinski definition) is 5. The summed E-state index contributed by atoms with van der Waals surface area (Å²) < 4.78 is 10.4. The Labute approximate surface area is 116 Å². The van der Waals surface area contributed by atoms with Gasteiger partial charge in [0.2, 0.25) is 0 Å². The highest BCUT2D eigenvalue weighted by atomic mass is 16.5. The number of carbonyl (C=O) groups excluding carboxylic acids is 1. The molecule has 1 N–H and O–H groups in total. The lowest BCUT2D eigenvalue weighted by Gasteiger charge is -2.42. The lowest BCUT2D eigenvalue weighted by atomic mass is 10.0. The summed E-state index contributed by atoms with van der Waals surface area (Å²) in [4.78, 5) is 14.1. The predicted octanol–water partition coefficient (Wildman–Crippen LogP) is 1.03. The average Bonchev–Trinajstić information content (AvgIpc) is 2.34. The highest BCUT2D eigenvalue weighted by Gasteiger charge is 2.31. The number of nitrogens with zero attached hydrogens (tertiary/aromatic N) is 1. The number of rotatable bonds is 6. The van der Waals surface area contributed by atoms with E-state index in [2.05, 4.69) is 24.1 Å². The lowest BCUT2D eigenvalue weighted by Crippen LogP contribution is -2.54. The highest BCUT2D eigenvalue weighted by molar-refractivity contribution is 5.75. The van der Waals surface area contributed by atoms with Crippen molar-refractivity contribution >= 4 is 5.97 Å². The van der Waals surface area contributed by atoms with Gasteiger partial charge < -0.3 is 14.8 Å². The van der Waals surface area contributed by atoms with E-state index in [0.717, 1.165) is 32.7 Å². The molecule has 0 aromatic heterocycles. The molecule has 1 heterocycles. The van der Waals surface area contributed by atoms with Crippen LogP contribution in [-0.4, -0.2) is 61.9 Å². The van der Waals surface area contributed by atoms with Crippen molar-refractivity contribution in [1.82, 2.24) is 10.2 Å². The highest BCUT2D eigenvalue weighted by Crippen LogP contribution is 2.19. The molecule has 1 saturated heterocycles. The second kappa shape index (κ2) is 7.22. The molecule has 1 atom stereocenters. The van der Waals surface area contributed by atoms with Crippen LogP contribution in [-0.2, 0) is 14.3 Å². The fourth-order valence-electron chi connectivity index (χ4n) is 2.40. The summed E-state index contributed by atoms with van der Waals surface area (Å²) in [6.45, 7) is 11.7. The van der Waals surface area contributed by atoms with Crippen molar-refractivity contribution in [2.45, 2.75) is 51.7 Å². The van der Waals surface area contributed by atoms with Gasteiger partial charge in [-0.15, -0.1) is 0 Å². The van der Waals surface area contributed by atoms with Gasteiger partial charge in [-0.2, -0.15) is 0 Å². The van der Waals surface area contributed by atoms with Gasteiger partial charge in [-0.1, -0.05) is 13.8 Å². The van der Waals surface area contributed by atoms with E-state index in [1.54, 1.807) is 0 Å². The van der Waals surface area contributed by atoms with Crippen molar-refractivity contribution in [3.8, 4) is 0 Å². The molecular formula is C14H28N2O3. The van der Waals surface area contributed by atoms with Crippen LogP contribution in [0.15, 0.2) is 0 Å². The third kappa shape index (κ3) is 5.09. The second-order valence-electron chi connectivity index (χ2n) is 6.04. The molecule has 1 unspecified atom stereocenters. The first kappa shape index (κ1) is 16.4. The van der Waals surface area contributed by atoms with Gasteiger partial charge in [0.05, 0.1) is 20.3 Å². The minimum absolute atomic E-state index is 0.0384. The predicted molar refractivity (Wildman–Crippen MR) is 75.2 cm³/mol. The van der Waals surface area contributed by atoms with Crippen LogP contribution in [0.2, 0.25) is 0 Å². The molecule has 5 nitrogen and oxygen atoms in total. The van der Waals surface area contributed by atoms with E-state index in [1.165, 1.54) is 7.11 Å². The topological polar surface area (TPSA) is 50.8 Å². The fourth-order valence-corrected chi connectivity index (χ4v) is 2.40. The molecule has 1 fully saturated rings. The molecule has 0 radical (unpaired) electrons. The van der Waals surface area contributed by atoms with Crippen molar-refractivity contribution in [3.63, 3.8) is 0 Å². The van der Waals surface area contributed by atoms with Gasteiger partial charge in [-0.05, 0) is 20.3 Å². The Morgan fingerprint density at radius 3 is 2.68 bits per heavy atom. The van der Waals surface area contributed by atoms with Crippen LogP contribution in [0, 0.1) is 0 Å². The quantitative estimate of drug-likeness (QED) is 0.732. The van der Waals surface area contributed by atoms with E-state index in [9.17, 15) is 4.79 Å². The van der Waals surface area contributed by atoms with E-state index in [4.69, 9.17) is 9.47 Å². The van der Waals surface area contributed by atoms with Gasteiger partial charge in [0, 0.05) is 24.7 Å². The van der Waals surface area contributed by atoms with E-state index < -0.39 is 0 Å². The smallest absolute Gasteiger partial charge is 0.322 e. The zero-order chi connectivity index (χ0) is 14.5. The summed E-state index contributed by atoms with van der Waals surface area (Å²) in [5.74, 6) is -0.181. The molecule has 0 aliphatic carbocycles. The van der Waals surface area contributed by atoms with Gasteiger partial charge in [0.25, 0.3) is 0 Å². The summed E-state index contributed by atoms with van der Waals surface area (Å²) in [6.07, 6.45) is 0.758. The maximum atomic E-state index is 11.8. The first-order valence-electron chi connectivity index (χ1n) is 7.03. The molecule has 0 aromatic rings. The zero-order valence-electron chi connectivity index (χ0n) is 12.9. The standard InChI is InChI=1S/C14H28N2O3/c1-11(2)15-12(13(17)18-5)6-7-16-8-9-19-10-14(16,3)4/h11-12,15H,6-10H2,1-5H3. The molecule has 112 valence electrons. The van der Waals surface area contributed by atoms with Crippen molar-refractivity contribution in [3.05, 3.63) is 0 Å². The van der Waals surface area contributed by atoms with Crippen LogP contribution in [0.3, 0.4) is 0 Å². The van der Waals surface area contributed by atoms with Crippen LogP contribution < -0.4 is 5.32 Å². The van der Waals surface area contributed by atoms with Gasteiger partial charge in [0.15, 0.2) is 0 Å². The largest absolute Gasteiger partial charge is 0.468 e. The molecule has 0 saturated carbocycles. The minimum atomic E-state index is -0.233. The van der Waals surface area contributed by atoms with Crippen LogP contribution in [0.4, 0.5) is 0 Å².